The van der Waals surface area contributed by atoms with Crippen molar-refractivity contribution in [1.82, 2.24) is 4.90 Å². The predicted molar refractivity (Wildman–Crippen MR) is 60.0 cm³/mol. The van der Waals surface area contributed by atoms with Gasteiger partial charge in [-0.2, -0.15) is 0 Å². The van der Waals surface area contributed by atoms with Crippen molar-refractivity contribution in [3.63, 3.8) is 0 Å². The first-order valence-corrected chi connectivity index (χ1v) is 5.62. The maximum absolute atomic E-state index is 5.78. The van der Waals surface area contributed by atoms with Crippen LogP contribution in [0, 0.1) is 12.8 Å². The molecule has 0 N–H and O–H groups in total. The van der Waals surface area contributed by atoms with Crippen LogP contribution < -0.4 is 4.74 Å². The van der Waals surface area contributed by atoms with Gasteiger partial charge in [0, 0.05) is 24.9 Å². The van der Waals surface area contributed by atoms with E-state index < -0.39 is 0 Å². The van der Waals surface area contributed by atoms with Crippen molar-refractivity contribution in [3.05, 3.63) is 36.8 Å². The molecule has 15 heavy (non-hydrogen) atoms. The van der Waals surface area contributed by atoms with Crippen molar-refractivity contribution in [3.8, 4) is 5.75 Å². The Balaban J connectivity index is 1.93. The van der Waals surface area contributed by atoms with Crippen LogP contribution in [0.25, 0.3) is 0 Å². The molecule has 2 heterocycles. The summed E-state index contributed by atoms with van der Waals surface area (Å²) in [4.78, 5) is 2.42. The average Bonchev–Trinajstić information content (AvgIpc) is 2.72. The smallest absolute Gasteiger partial charge is 0.122 e. The number of hydrogen-bond donors (Lipinski definition) is 0. The number of nitrogens with zero attached hydrogens (tertiary/aromatic N) is 1. The molecule has 2 heteroatoms. The minimum absolute atomic E-state index is 0.664. The Labute approximate surface area is 90.8 Å². The van der Waals surface area contributed by atoms with Crippen molar-refractivity contribution in [2.45, 2.75) is 5.92 Å². The Kier molecular flexibility index (Phi) is 2.17. The summed E-state index contributed by atoms with van der Waals surface area (Å²) in [7, 11) is 0. The van der Waals surface area contributed by atoms with Crippen LogP contribution in [-0.2, 0) is 0 Å². The second-order valence-electron chi connectivity index (χ2n) is 4.47. The van der Waals surface area contributed by atoms with Gasteiger partial charge in [0.05, 0.1) is 6.61 Å². The molecule has 0 bridgehead atoms. The SMILES string of the molecule is [CH2]CN1C[C@@H]2COc3ccccc3[C@@H]2C1. The lowest BCUT2D eigenvalue weighted by molar-refractivity contribution is 0.214. The maximum Gasteiger partial charge on any atom is 0.122 e. The molecule has 1 saturated heterocycles. The van der Waals surface area contributed by atoms with E-state index in [1.807, 2.05) is 6.07 Å². The Morgan fingerprint density at radius 3 is 3.07 bits per heavy atom. The van der Waals surface area contributed by atoms with Crippen molar-refractivity contribution in [2.24, 2.45) is 5.92 Å². The number of benzene rings is 1. The number of ether oxygens (including phenoxy) is 1. The number of hydrogen-bond acceptors (Lipinski definition) is 2. The minimum atomic E-state index is 0.664. The molecule has 1 aromatic rings. The molecule has 0 aromatic heterocycles. The first-order valence-electron chi connectivity index (χ1n) is 5.62. The third-order valence-electron chi connectivity index (χ3n) is 3.60. The van der Waals surface area contributed by atoms with E-state index in [1.165, 1.54) is 5.56 Å². The molecule has 0 amide bonds. The predicted octanol–water partition coefficient (Wildman–Crippen LogP) is 1.93. The lowest BCUT2D eigenvalue weighted by atomic mass is 9.87. The molecule has 1 radical (unpaired) electrons. The zero-order valence-corrected chi connectivity index (χ0v) is 8.86. The van der Waals surface area contributed by atoms with E-state index in [0.717, 1.165) is 32.0 Å². The van der Waals surface area contributed by atoms with E-state index in [0.29, 0.717) is 11.8 Å². The van der Waals surface area contributed by atoms with E-state index in [9.17, 15) is 0 Å². The summed E-state index contributed by atoms with van der Waals surface area (Å²) in [6.07, 6.45) is 0. The van der Waals surface area contributed by atoms with Gasteiger partial charge in [0.2, 0.25) is 0 Å². The van der Waals surface area contributed by atoms with Gasteiger partial charge in [-0.15, -0.1) is 0 Å². The van der Waals surface area contributed by atoms with E-state index in [4.69, 9.17) is 4.74 Å². The molecule has 79 valence electrons. The summed E-state index contributed by atoms with van der Waals surface area (Å²) in [6.45, 7) is 8.04. The summed E-state index contributed by atoms with van der Waals surface area (Å²) < 4.78 is 5.78. The fourth-order valence-corrected chi connectivity index (χ4v) is 2.78. The normalized spacial score (nSPS) is 29.4. The number of likely N-dealkylation sites (tertiary alicyclic amines) is 1. The molecule has 2 aliphatic rings. The van der Waals surface area contributed by atoms with Crippen LogP contribution in [0.2, 0.25) is 0 Å². The second-order valence-corrected chi connectivity index (χ2v) is 4.47. The molecule has 0 aliphatic carbocycles. The van der Waals surface area contributed by atoms with E-state index in [-0.39, 0.29) is 0 Å². The van der Waals surface area contributed by atoms with Crippen molar-refractivity contribution in [2.75, 3.05) is 26.2 Å². The van der Waals surface area contributed by atoms with Crippen LogP contribution in [0.5, 0.6) is 5.75 Å². The van der Waals surface area contributed by atoms with Gasteiger partial charge < -0.3 is 9.64 Å². The topological polar surface area (TPSA) is 12.5 Å². The van der Waals surface area contributed by atoms with Crippen molar-refractivity contribution in [1.29, 1.82) is 0 Å². The number of para-hydroxylation sites is 1. The fraction of sp³-hybridized carbons (Fsp3) is 0.462. The minimum Gasteiger partial charge on any atom is -0.493 e. The molecule has 1 aromatic carbocycles. The van der Waals surface area contributed by atoms with Gasteiger partial charge in [-0.05, 0) is 25.1 Å². The molecule has 2 atom stereocenters. The first kappa shape index (κ1) is 9.22. The van der Waals surface area contributed by atoms with E-state index in [1.54, 1.807) is 0 Å². The van der Waals surface area contributed by atoms with Crippen LogP contribution in [0.15, 0.2) is 24.3 Å². The molecule has 1 fully saturated rings. The Bertz CT molecular complexity index is 363. The summed E-state index contributed by atoms with van der Waals surface area (Å²) in [5, 5.41) is 0. The van der Waals surface area contributed by atoms with Gasteiger partial charge >= 0.3 is 0 Å². The monoisotopic (exact) mass is 202 g/mol. The molecule has 2 nitrogen and oxygen atoms in total. The van der Waals surface area contributed by atoms with Gasteiger partial charge in [-0.25, -0.2) is 0 Å². The second kappa shape index (κ2) is 3.53. The van der Waals surface area contributed by atoms with Crippen LogP contribution in [0.3, 0.4) is 0 Å². The van der Waals surface area contributed by atoms with Gasteiger partial charge in [0.25, 0.3) is 0 Å². The van der Waals surface area contributed by atoms with Crippen molar-refractivity contribution >= 4 is 0 Å². The Hall–Kier alpha value is -1.02. The molecule has 0 saturated carbocycles. The molecule has 2 aliphatic heterocycles. The zero-order chi connectivity index (χ0) is 10.3. The highest BCUT2D eigenvalue weighted by molar-refractivity contribution is 5.39. The molecule has 3 rings (SSSR count). The number of rotatable bonds is 1. The summed E-state index contributed by atoms with van der Waals surface area (Å²) in [5.74, 6) is 2.42. The van der Waals surface area contributed by atoms with Gasteiger partial charge in [-0.3, -0.25) is 0 Å². The van der Waals surface area contributed by atoms with Crippen LogP contribution >= 0.6 is 0 Å². The highest BCUT2D eigenvalue weighted by Crippen LogP contribution is 2.41. The van der Waals surface area contributed by atoms with Crippen LogP contribution in [0.1, 0.15) is 11.5 Å². The van der Waals surface area contributed by atoms with Crippen molar-refractivity contribution < 1.29 is 4.74 Å². The molecular formula is C13H16NO. The molecule has 0 spiro atoms. The van der Waals surface area contributed by atoms with E-state index in [2.05, 4.69) is 30.0 Å². The van der Waals surface area contributed by atoms with Gasteiger partial charge in [-0.1, -0.05) is 18.2 Å². The van der Waals surface area contributed by atoms with Gasteiger partial charge in [0.15, 0.2) is 0 Å². The number of fused-ring (bicyclic) bond motifs is 3. The highest BCUT2D eigenvalue weighted by atomic mass is 16.5. The largest absolute Gasteiger partial charge is 0.493 e. The Morgan fingerprint density at radius 2 is 2.20 bits per heavy atom. The molecular weight excluding hydrogens is 186 g/mol. The van der Waals surface area contributed by atoms with Crippen LogP contribution in [0.4, 0.5) is 0 Å². The lowest BCUT2D eigenvalue weighted by Gasteiger charge is -2.27. The van der Waals surface area contributed by atoms with E-state index >= 15 is 0 Å². The third-order valence-corrected chi connectivity index (χ3v) is 3.60. The first-order chi connectivity index (χ1) is 7.38. The maximum atomic E-state index is 5.78. The molecule has 0 unspecified atom stereocenters. The summed E-state index contributed by atoms with van der Waals surface area (Å²) in [6, 6.07) is 8.45. The van der Waals surface area contributed by atoms with Crippen LogP contribution in [-0.4, -0.2) is 31.1 Å². The Morgan fingerprint density at radius 1 is 1.33 bits per heavy atom. The zero-order valence-electron chi connectivity index (χ0n) is 8.86. The fourth-order valence-electron chi connectivity index (χ4n) is 2.78. The summed E-state index contributed by atoms with van der Waals surface area (Å²) >= 11 is 0. The average molecular weight is 202 g/mol. The highest BCUT2D eigenvalue weighted by Gasteiger charge is 2.37. The lowest BCUT2D eigenvalue weighted by Crippen LogP contribution is -2.24. The third kappa shape index (κ3) is 1.44. The standard InChI is InChI=1S/C13H16NO/c1-2-14-7-10-9-15-13-6-4-3-5-11(13)12(10)8-14/h3-6,10,12H,1-2,7-9H2/t10-,12-/m1/s1. The van der Waals surface area contributed by atoms with Gasteiger partial charge in [0.1, 0.15) is 5.75 Å². The summed E-state index contributed by atoms with van der Waals surface area (Å²) in [5.41, 5.74) is 1.39. The quantitative estimate of drug-likeness (QED) is 0.690.